The molecule has 1 fully saturated rings. The quantitative estimate of drug-likeness (QED) is 0.324. The van der Waals surface area contributed by atoms with E-state index in [2.05, 4.69) is 10.7 Å². The van der Waals surface area contributed by atoms with Crippen LogP contribution in [-0.4, -0.2) is 41.6 Å². The van der Waals surface area contributed by atoms with Crippen molar-refractivity contribution < 1.29 is 14.3 Å². The highest BCUT2D eigenvalue weighted by Crippen LogP contribution is 2.15. The Morgan fingerprint density at radius 3 is 2.29 bits per heavy atom. The highest BCUT2D eigenvalue weighted by Gasteiger charge is 2.27. The first kappa shape index (κ1) is 17.1. The smallest absolute Gasteiger partial charge is 0.410 e. The minimum atomic E-state index is -0.504. The monoisotopic (exact) mass is 299 g/mol. The number of ether oxygens (including phenoxy) is 1. The summed E-state index contributed by atoms with van der Waals surface area (Å²) in [5.74, 6) is 4.83. The lowest BCUT2D eigenvalue weighted by Crippen LogP contribution is -2.49. The Morgan fingerprint density at radius 1 is 1.29 bits per heavy atom. The van der Waals surface area contributed by atoms with Crippen molar-refractivity contribution in [3.63, 3.8) is 0 Å². The molecule has 0 spiro atoms. The standard InChI is InChI=1S/C13H25N5O3/c1-13(2,3)21-12(20)18-6-4-9(5-7-18)16-11(19)10(8-14)17-15/h8-9,17H,4-7,14-15H2,1-3H3,(H,16,19)/b10-8-. The van der Waals surface area contributed by atoms with Crippen LogP contribution in [0, 0.1) is 0 Å². The second-order valence-corrected chi connectivity index (χ2v) is 5.94. The summed E-state index contributed by atoms with van der Waals surface area (Å²) >= 11 is 0. The molecule has 6 N–H and O–H groups in total. The van der Waals surface area contributed by atoms with Gasteiger partial charge in [0, 0.05) is 25.3 Å². The van der Waals surface area contributed by atoms with E-state index in [9.17, 15) is 9.59 Å². The van der Waals surface area contributed by atoms with Gasteiger partial charge in [-0.2, -0.15) is 0 Å². The van der Waals surface area contributed by atoms with Gasteiger partial charge in [0.05, 0.1) is 0 Å². The van der Waals surface area contributed by atoms with Crippen molar-refractivity contribution in [3.8, 4) is 0 Å². The van der Waals surface area contributed by atoms with E-state index in [1.165, 1.54) is 0 Å². The van der Waals surface area contributed by atoms with E-state index in [0.29, 0.717) is 25.9 Å². The van der Waals surface area contributed by atoms with E-state index >= 15 is 0 Å². The van der Waals surface area contributed by atoms with Crippen LogP contribution in [0.5, 0.6) is 0 Å². The van der Waals surface area contributed by atoms with Crippen LogP contribution in [-0.2, 0) is 9.53 Å². The lowest BCUT2D eigenvalue weighted by Gasteiger charge is -2.33. The summed E-state index contributed by atoms with van der Waals surface area (Å²) in [5, 5.41) is 2.82. The number of likely N-dealkylation sites (tertiary alicyclic amines) is 1. The molecule has 0 atom stereocenters. The Bertz CT molecular complexity index is 409. The molecule has 8 heteroatoms. The van der Waals surface area contributed by atoms with Gasteiger partial charge in [0.1, 0.15) is 11.3 Å². The van der Waals surface area contributed by atoms with Crippen LogP contribution in [0.25, 0.3) is 0 Å². The molecule has 1 saturated heterocycles. The molecule has 0 aromatic heterocycles. The molecule has 0 aromatic rings. The maximum atomic E-state index is 11.9. The second kappa shape index (κ2) is 7.16. The first-order valence-electron chi connectivity index (χ1n) is 6.94. The third-order valence-electron chi connectivity index (χ3n) is 3.05. The van der Waals surface area contributed by atoms with Crippen molar-refractivity contribution >= 4 is 12.0 Å². The summed E-state index contributed by atoms with van der Waals surface area (Å²) in [6, 6.07) is -0.0144. The molecule has 0 aliphatic carbocycles. The van der Waals surface area contributed by atoms with Crippen LogP contribution >= 0.6 is 0 Å². The summed E-state index contributed by atoms with van der Waals surface area (Å²) in [6.45, 7) is 6.57. The molecule has 0 bridgehead atoms. The topological polar surface area (TPSA) is 123 Å². The first-order chi connectivity index (χ1) is 9.76. The average Bonchev–Trinajstić information content (AvgIpc) is 2.39. The summed E-state index contributed by atoms with van der Waals surface area (Å²) in [7, 11) is 0. The Morgan fingerprint density at radius 2 is 1.86 bits per heavy atom. The SMILES string of the molecule is CC(C)(C)OC(=O)N1CCC(NC(=O)/C(=C/N)NN)CC1. The fourth-order valence-corrected chi connectivity index (χ4v) is 1.99. The Balaban J connectivity index is 2.42. The van der Waals surface area contributed by atoms with E-state index < -0.39 is 5.60 Å². The van der Waals surface area contributed by atoms with E-state index in [-0.39, 0.29) is 23.7 Å². The summed E-state index contributed by atoms with van der Waals surface area (Å²) in [4.78, 5) is 25.3. The van der Waals surface area contributed by atoms with Crippen molar-refractivity contribution in [2.45, 2.75) is 45.3 Å². The number of carbonyl (C=O) groups excluding carboxylic acids is 2. The fraction of sp³-hybridized carbons (Fsp3) is 0.692. The van der Waals surface area contributed by atoms with E-state index in [1.54, 1.807) is 4.90 Å². The Labute approximate surface area is 124 Å². The lowest BCUT2D eigenvalue weighted by molar-refractivity contribution is -0.118. The zero-order chi connectivity index (χ0) is 16.0. The van der Waals surface area contributed by atoms with Gasteiger partial charge < -0.3 is 26.1 Å². The van der Waals surface area contributed by atoms with Crippen molar-refractivity contribution in [1.82, 2.24) is 15.6 Å². The molecule has 1 rings (SSSR count). The molecule has 21 heavy (non-hydrogen) atoms. The van der Waals surface area contributed by atoms with Crippen LogP contribution < -0.4 is 22.3 Å². The van der Waals surface area contributed by atoms with Gasteiger partial charge in [0.2, 0.25) is 0 Å². The van der Waals surface area contributed by atoms with Gasteiger partial charge in [0.25, 0.3) is 5.91 Å². The first-order valence-corrected chi connectivity index (χ1v) is 6.94. The number of hydrogen-bond donors (Lipinski definition) is 4. The van der Waals surface area contributed by atoms with Crippen LogP contribution in [0.2, 0.25) is 0 Å². The van der Waals surface area contributed by atoms with Crippen molar-refractivity contribution in [1.29, 1.82) is 0 Å². The second-order valence-electron chi connectivity index (χ2n) is 5.94. The van der Waals surface area contributed by atoms with Crippen molar-refractivity contribution in [2.24, 2.45) is 11.6 Å². The van der Waals surface area contributed by atoms with Gasteiger partial charge in [-0.05, 0) is 33.6 Å². The third kappa shape index (κ3) is 5.50. The minimum absolute atomic E-state index is 0.0144. The van der Waals surface area contributed by atoms with Gasteiger partial charge in [-0.25, -0.2) is 4.79 Å². The molecule has 8 nitrogen and oxygen atoms in total. The summed E-state index contributed by atoms with van der Waals surface area (Å²) in [6.07, 6.45) is 2.12. The number of piperidine rings is 1. The van der Waals surface area contributed by atoms with Gasteiger partial charge in [0.15, 0.2) is 0 Å². The number of rotatable bonds is 3. The van der Waals surface area contributed by atoms with E-state index in [0.717, 1.165) is 6.20 Å². The number of hydrazine groups is 1. The molecule has 0 saturated carbocycles. The lowest BCUT2D eigenvalue weighted by atomic mass is 10.1. The summed E-state index contributed by atoms with van der Waals surface area (Å²) in [5.41, 5.74) is 7.12. The highest BCUT2D eigenvalue weighted by molar-refractivity contribution is 5.92. The molecule has 1 heterocycles. The maximum absolute atomic E-state index is 11.9. The van der Waals surface area contributed by atoms with Crippen molar-refractivity contribution in [3.05, 3.63) is 11.9 Å². The number of carbonyl (C=O) groups is 2. The number of hydrogen-bond acceptors (Lipinski definition) is 6. The molecule has 120 valence electrons. The zero-order valence-corrected chi connectivity index (χ0v) is 12.8. The zero-order valence-electron chi connectivity index (χ0n) is 12.8. The third-order valence-corrected chi connectivity index (χ3v) is 3.05. The predicted octanol–water partition coefficient (Wildman–Crippen LogP) is -0.234. The molecule has 1 aliphatic heterocycles. The number of amides is 2. The normalized spacial score (nSPS) is 17.3. The average molecular weight is 299 g/mol. The van der Waals surface area contributed by atoms with Gasteiger partial charge >= 0.3 is 6.09 Å². The largest absolute Gasteiger partial charge is 0.444 e. The van der Waals surface area contributed by atoms with Gasteiger partial charge in [-0.15, -0.1) is 0 Å². The Hall–Kier alpha value is -1.96. The number of nitrogens with zero attached hydrogens (tertiary/aromatic N) is 1. The van der Waals surface area contributed by atoms with Crippen LogP contribution in [0.1, 0.15) is 33.6 Å². The molecule has 0 aromatic carbocycles. The number of nitrogens with two attached hydrogens (primary N) is 2. The maximum Gasteiger partial charge on any atom is 0.410 e. The van der Waals surface area contributed by atoms with E-state index in [4.69, 9.17) is 16.3 Å². The van der Waals surface area contributed by atoms with Crippen LogP contribution in [0.15, 0.2) is 11.9 Å². The molecular weight excluding hydrogens is 274 g/mol. The fourth-order valence-electron chi connectivity index (χ4n) is 1.99. The summed E-state index contributed by atoms with van der Waals surface area (Å²) < 4.78 is 5.31. The number of nitrogens with one attached hydrogen (secondary N) is 2. The minimum Gasteiger partial charge on any atom is -0.444 e. The van der Waals surface area contributed by atoms with Crippen LogP contribution in [0.3, 0.4) is 0 Å². The van der Waals surface area contributed by atoms with Crippen LogP contribution in [0.4, 0.5) is 4.79 Å². The molecular formula is C13H25N5O3. The molecule has 1 aliphatic rings. The van der Waals surface area contributed by atoms with Crippen molar-refractivity contribution in [2.75, 3.05) is 13.1 Å². The van der Waals surface area contributed by atoms with Gasteiger partial charge in [-0.1, -0.05) is 0 Å². The molecule has 0 radical (unpaired) electrons. The highest BCUT2D eigenvalue weighted by atomic mass is 16.6. The van der Waals surface area contributed by atoms with Gasteiger partial charge in [-0.3, -0.25) is 10.6 Å². The molecule has 0 unspecified atom stereocenters. The van der Waals surface area contributed by atoms with E-state index in [1.807, 2.05) is 20.8 Å². The molecule has 2 amide bonds. The Kier molecular flexibility index (Phi) is 5.83. The predicted molar refractivity (Wildman–Crippen MR) is 78.6 cm³/mol.